The van der Waals surface area contributed by atoms with Crippen LogP contribution in [0.1, 0.15) is 32.6 Å². The summed E-state index contributed by atoms with van der Waals surface area (Å²) >= 11 is 8.67. The third-order valence-corrected chi connectivity index (χ3v) is 5.23. The predicted octanol–water partition coefficient (Wildman–Crippen LogP) is 5.43. The van der Waals surface area contributed by atoms with Gasteiger partial charge in [-0.1, -0.05) is 19.8 Å². The van der Waals surface area contributed by atoms with Crippen molar-refractivity contribution in [3.05, 3.63) is 27.2 Å². The number of aromatic nitrogens is 2. The van der Waals surface area contributed by atoms with Crippen LogP contribution in [0, 0.1) is 22.4 Å². The molecule has 0 aliphatic heterocycles. The van der Waals surface area contributed by atoms with E-state index in [4.69, 9.17) is 12.2 Å². The number of nitrogens with one attached hydrogen (secondary N) is 1. The summed E-state index contributed by atoms with van der Waals surface area (Å²) in [6, 6.07) is 3.33. The molecular formula is C15H18BrFN2S. The molecule has 5 heteroatoms. The maximum absolute atomic E-state index is 13.6. The number of halogens is 2. The lowest BCUT2D eigenvalue weighted by Gasteiger charge is -2.27. The van der Waals surface area contributed by atoms with E-state index in [1.807, 2.05) is 6.07 Å². The van der Waals surface area contributed by atoms with Crippen LogP contribution in [0.2, 0.25) is 0 Å². The maximum Gasteiger partial charge on any atom is 0.178 e. The van der Waals surface area contributed by atoms with E-state index in [0.717, 1.165) is 23.5 Å². The summed E-state index contributed by atoms with van der Waals surface area (Å²) in [6.45, 7) is 3.26. The molecule has 1 heterocycles. The summed E-state index contributed by atoms with van der Waals surface area (Å²) in [5, 5.41) is 0. The minimum Gasteiger partial charge on any atom is -0.330 e. The van der Waals surface area contributed by atoms with Crippen molar-refractivity contribution in [1.29, 1.82) is 0 Å². The third-order valence-electron chi connectivity index (χ3n) is 4.30. The lowest BCUT2D eigenvalue weighted by atomic mass is 9.82. The van der Waals surface area contributed by atoms with Gasteiger partial charge in [-0.15, -0.1) is 0 Å². The van der Waals surface area contributed by atoms with Gasteiger partial charge in [0.05, 0.1) is 15.5 Å². The zero-order chi connectivity index (χ0) is 14.3. The first kappa shape index (κ1) is 14.3. The fourth-order valence-corrected chi connectivity index (χ4v) is 3.93. The zero-order valence-corrected chi connectivity index (χ0v) is 13.9. The van der Waals surface area contributed by atoms with Crippen LogP contribution in [0.5, 0.6) is 0 Å². The molecule has 0 spiro atoms. The molecule has 2 atom stereocenters. The minimum absolute atomic E-state index is 0.257. The van der Waals surface area contributed by atoms with Gasteiger partial charge in [0.25, 0.3) is 0 Å². The number of hydrogen-bond acceptors (Lipinski definition) is 1. The molecule has 2 nitrogen and oxygen atoms in total. The smallest absolute Gasteiger partial charge is 0.178 e. The molecule has 1 saturated carbocycles. The van der Waals surface area contributed by atoms with Crippen molar-refractivity contribution in [3.63, 3.8) is 0 Å². The van der Waals surface area contributed by atoms with Gasteiger partial charge in [-0.3, -0.25) is 0 Å². The second-order valence-electron chi connectivity index (χ2n) is 5.96. The van der Waals surface area contributed by atoms with Gasteiger partial charge in [-0.2, -0.15) is 0 Å². The molecule has 1 aliphatic carbocycles. The summed E-state index contributed by atoms with van der Waals surface area (Å²) in [7, 11) is 0. The van der Waals surface area contributed by atoms with Gasteiger partial charge in [-0.05, 0) is 58.9 Å². The molecule has 2 aromatic rings. The van der Waals surface area contributed by atoms with Gasteiger partial charge in [0.15, 0.2) is 4.77 Å². The van der Waals surface area contributed by atoms with Crippen LogP contribution in [0.4, 0.5) is 4.39 Å². The highest BCUT2D eigenvalue weighted by molar-refractivity contribution is 9.10. The molecule has 0 bridgehead atoms. The van der Waals surface area contributed by atoms with Crippen LogP contribution in [0.25, 0.3) is 11.0 Å². The van der Waals surface area contributed by atoms with Crippen molar-refractivity contribution in [3.8, 4) is 0 Å². The second kappa shape index (κ2) is 5.60. The van der Waals surface area contributed by atoms with E-state index in [9.17, 15) is 4.39 Å². The quantitative estimate of drug-likeness (QED) is 0.711. The molecule has 1 aromatic carbocycles. The van der Waals surface area contributed by atoms with Crippen molar-refractivity contribution in [2.75, 3.05) is 0 Å². The number of rotatable bonds is 2. The van der Waals surface area contributed by atoms with Gasteiger partial charge >= 0.3 is 0 Å². The lowest BCUT2D eigenvalue weighted by Crippen LogP contribution is -2.18. The molecule has 1 aliphatic rings. The summed E-state index contributed by atoms with van der Waals surface area (Å²) in [5.41, 5.74) is 1.76. The molecule has 0 amide bonds. The first-order valence-electron chi connectivity index (χ1n) is 7.12. The van der Waals surface area contributed by atoms with E-state index in [1.54, 1.807) is 0 Å². The van der Waals surface area contributed by atoms with Gasteiger partial charge in [-0.25, -0.2) is 4.39 Å². The van der Waals surface area contributed by atoms with E-state index in [1.165, 1.54) is 31.7 Å². The number of benzene rings is 1. The maximum atomic E-state index is 13.6. The molecule has 2 unspecified atom stereocenters. The Kier molecular flexibility index (Phi) is 4.00. The fourth-order valence-electron chi connectivity index (χ4n) is 3.32. The van der Waals surface area contributed by atoms with E-state index in [2.05, 4.69) is 32.4 Å². The zero-order valence-electron chi connectivity index (χ0n) is 11.5. The molecule has 1 aromatic heterocycles. The van der Waals surface area contributed by atoms with Crippen molar-refractivity contribution >= 4 is 39.2 Å². The summed E-state index contributed by atoms with van der Waals surface area (Å²) in [4.78, 5) is 3.11. The molecule has 1 N–H and O–H groups in total. The highest BCUT2D eigenvalue weighted by Crippen LogP contribution is 2.31. The average molecular weight is 357 g/mol. The first-order chi connectivity index (χ1) is 9.54. The summed E-state index contributed by atoms with van der Waals surface area (Å²) in [6.07, 6.45) is 5.17. The fraction of sp³-hybridized carbons (Fsp3) is 0.533. The Morgan fingerprint density at radius 3 is 3.00 bits per heavy atom. The minimum atomic E-state index is -0.257. The van der Waals surface area contributed by atoms with Crippen LogP contribution < -0.4 is 0 Å². The van der Waals surface area contributed by atoms with Crippen molar-refractivity contribution in [2.24, 2.45) is 11.8 Å². The summed E-state index contributed by atoms with van der Waals surface area (Å²) in [5.74, 6) is 1.22. The molecule has 1 fully saturated rings. The van der Waals surface area contributed by atoms with E-state index < -0.39 is 0 Å². The highest BCUT2D eigenvalue weighted by Gasteiger charge is 2.20. The Morgan fingerprint density at radius 2 is 2.25 bits per heavy atom. The van der Waals surface area contributed by atoms with Gasteiger partial charge in [0, 0.05) is 12.6 Å². The van der Waals surface area contributed by atoms with Gasteiger partial charge in [0.2, 0.25) is 0 Å². The summed E-state index contributed by atoms with van der Waals surface area (Å²) < 4.78 is 16.9. The topological polar surface area (TPSA) is 20.7 Å². The van der Waals surface area contributed by atoms with Crippen molar-refractivity contribution in [1.82, 2.24) is 9.55 Å². The number of fused-ring (bicyclic) bond motifs is 1. The molecule has 3 rings (SSSR count). The molecular weight excluding hydrogens is 339 g/mol. The number of hydrogen-bond donors (Lipinski definition) is 1. The monoisotopic (exact) mass is 356 g/mol. The lowest BCUT2D eigenvalue weighted by molar-refractivity contribution is 0.258. The van der Waals surface area contributed by atoms with E-state index in [0.29, 0.717) is 15.2 Å². The Hall–Kier alpha value is -0.680. The van der Waals surface area contributed by atoms with Crippen LogP contribution >= 0.6 is 28.1 Å². The Morgan fingerprint density at radius 1 is 1.45 bits per heavy atom. The molecule has 108 valence electrons. The standard InChI is InChI=1S/C15H18BrFN2S/c1-9-3-2-4-10(5-9)8-19-14-6-11(16)12(17)7-13(14)18-15(19)20/h6-7,9-10H,2-5,8H2,1H3,(H,18,20). The Bertz CT molecular complexity index is 691. The molecule has 0 saturated heterocycles. The van der Waals surface area contributed by atoms with Crippen molar-refractivity contribution in [2.45, 2.75) is 39.2 Å². The number of nitrogens with zero attached hydrogens (tertiary/aromatic N) is 1. The second-order valence-corrected chi connectivity index (χ2v) is 7.20. The largest absolute Gasteiger partial charge is 0.330 e. The van der Waals surface area contributed by atoms with E-state index >= 15 is 0 Å². The highest BCUT2D eigenvalue weighted by atomic mass is 79.9. The van der Waals surface area contributed by atoms with Crippen LogP contribution in [-0.4, -0.2) is 9.55 Å². The normalized spacial score (nSPS) is 23.4. The van der Waals surface area contributed by atoms with Crippen LogP contribution in [-0.2, 0) is 6.54 Å². The SMILES string of the molecule is CC1CCCC(Cn2c(=S)[nH]c3cc(F)c(Br)cc32)C1. The first-order valence-corrected chi connectivity index (χ1v) is 8.32. The molecule has 0 radical (unpaired) electrons. The van der Waals surface area contributed by atoms with Gasteiger partial charge in [0.1, 0.15) is 5.82 Å². The average Bonchev–Trinajstić information content (AvgIpc) is 2.67. The van der Waals surface area contributed by atoms with Crippen molar-refractivity contribution < 1.29 is 4.39 Å². The van der Waals surface area contributed by atoms with Gasteiger partial charge < -0.3 is 9.55 Å². The van der Waals surface area contributed by atoms with E-state index in [-0.39, 0.29) is 5.82 Å². The van der Waals surface area contributed by atoms with Crippen LogP contribution in [0.3, 0.4) is 0 Å². The van der Waals surface area contributed by atoms with Crippen LogP contribution in [0.15, 0.2) is 16.6 Å². The number of aromatic amines is 1. The predicted molar refractivity (Wildman–Crippen MR) is 85.9 cm³/mol. The number of H-pyrrole nitrogens is 1. The third kappa shape index (κ3) is 2.70. The number of imidazole rings is 1. The Balaban J connectivity index is 1.96. The molecule has 20 heavy (non-hydrogen) atoms. The Labute approximate surface area is 131 Å².